The number of nitriles is 1. The Hall–Kier alpha value is -3.38. The molecule has 3 nitrogen and oxygen atoms in total. The van der Waals surface area contributed by atoms with E-state index in [0.717, 1.165) is 37.0 Å². The lowest BCUT2D eigenvalue weighted by Gasteiger charge is -2.21. The molecular formula is C29H29N3. The SMILES string of the molecule is CCCc1nc2c(C)cccc2n1-c1ccc2c(c1C)CCc1ccccc1C2CC#N. The van der Waals surface area contributed by atoms with Crippen molar-refractivity contribution in [2.45, 2.75) is 58.8 Å². The molecule has 1 unspecified atom stereocenters. The fraction of sp³-hybridized carbons (Fsp3) is 0.310. The van der Waals surface area contributed by atoms with Gasteiger partial charge in [-0.15, -0.1) is 0 Å². The Bertz CT molecular complexity index is 1350. The van der Waals surface area contributed by atoms with Crippen LogP contribution in [-0.4, -0.2) is 9.55 Å². The second kappa shape index (κ2) is 8.28. The molecule has 32 heavy (non-hydrogen) atoms. The Labute approximate surface area is 190 Å². The highest BCUT2D eigenvalue weighted by Crippen LogP contribution is 2.39. The van der Waals surface area contributed by atoms with Crippen LogP contribution >= 0.6 is 0 Å². The molecule has 3 heteroatoms. The van der Waals surface area contributed by atoms with Crippen molar-refractivity contribution in [1.82, 2.24) is 9.55 Å². The number of aromatic nitrogens is 2. The van der Waals surface area contributed by atoms with E-state index in [9.17, 15) is 5.26 Å². The van der Waals surface area contributed by atoms with Crippen molar-refractivity contribution in [1.29, 1.82) is 5.26 Å². The van der Waals surface area contributed by atoms with E-state index in [-0.39, 0.29) is 5.92 Å². The van der Waals surface area contributed by atoms with Gasteiger partial charge in [-0.3, -0.25) is 4.57 Å². The molecule has 1 atom stereocenters. The molecule has 0 N–H and O–H groups in total. The van der Waals surface area contributed by atoms with Crippen molar-refractivity contribution in [3.05, 3.63) is 93.8 Å². The molecule has 160 valence electrons. The first-order valence-electron chi connectivity index (χ1n) is 11.7. The van der Waals surface area contributed by atoms with Gasteiger partial charge in [-0.25, -0.2) is 4.98 Å². The van der Waals surface area contributed by atoms with Gasteiger partial charge >= 0.3 is 0 Å². The lowest BCUT2D eigenvalue weighted by molar-refractivity contribution is 0.807. The number of aryl methyl sites for hydroxylation is 3. The third-order valence-electron chi connectivity index (χ3n) is 7.02. The first-order chi connectivity index (χ1) is 15.6. The number of rotatable bonds is 4. The summed E-state index contributed by atoms with van der Waals surface area (Å²) in [5, 5.41) is 9.61. The van der Waals surface area contributed by atoms with Gasteiger partial charge in [0.2, 0.25) is 0 Å². The number of hydrogen-bond donors (Lipinski definition) is 0. The van der Waals surface area contributed by atoms with Crippen molar-refractivity contribution < 1.29 is 0 Å². The number of hydrogen-bond acceptors (Lipinski definition) is 2. The summed E-state index contributed by atoms with van der Waals surface area (Å²) in [7, 11) is 0. The molecule has 3 aromatic carbocycles. The first kappa shape index (κ1) is 20.5. The number of nitrogens with zero attached hydrogens (tertiary/aromatic N) is 3. The lowest BCUT2D eigenvalue weighted by atomic mass is 9.84. The molecule has 5 rings (SSSR count). The van der Waals surface area contributed by atoms with Crippen LogP contribution in [0.25, 0.3) is 16.7 Å². The van der Waals surface area contributed by atoms with E-state index in [1.165, 1.54) is 44.6 Å². The fourth-order valence-electron chi connectivity index (χ4n) is 5.45. The Kier molecular flexibility index (Phi) is 5.31. The van der Waals surface area contributed by atoms with Gasteiger partial charge in [0, 0.05) is 18.8 Å². The van der Waals surface area contributed by atoms with Gasteiger partial charge in [0.25, 0.3) is 0 Å². The van der Waals surface area contributed by atoms with Gasteiger partial charge in [-0.1, -0.05) is 49.4 Å². The molecule has 0 spiro atoms. The fourth-order valence-corrected chi connectivity index (χ4v) is 5.45. The van der Waals surface area contributed by atoms with Crippen molar-refractivity contribution in [3.63, 3.8) is 0 Å². The second-order valence-corrected chi connectivity index (χ2v) is 8.95. The zero-order chi connectivity index (χ0) is 22.2. The van der Waals surface area contributed by atoms with Crippen molar-refractivity contribution >= 4 is 11.0 Å². The van der Waals surface area contributed by atoms with E-state index < -0.39 is 0 Å². The van der Waals surface area contributed by atoms with Gasteiger partial charge in [0.05, 0.1) is 22.8 Å². The molecule has 0 fully saturated rings. The van der Waals surface area contributed by atoms with Crippen LogP contribution in [0.4, 0.5) is 0 Å². The normalized spacial score (nSPS) is 15.1. The number of para-hydroxylation sites is 1. The maximum absolute atomic E-state index is 9.61. The number of imidazole rings is 1. The van der Waals surface area contributed by atoms with Gasteiger partial charge in [0.15, 0.2) is 0 Å². The smallest absolute Gasteiger partial charge is 0.114 e. The highest BCUT2D eigenvalue weighted by atomic mass is 15.1. The van der Waals surface area contributed by atoms with E-state index in [4.69, 9.17) is 4.98 Å². The minimum atomic E-state index is 0.137. The molecule has 0 radical (unpaired) electrons. The van der Waals surface area contributed by atoms with E-state index in [0.29, 0.717) is 6.42 Å². The monoisotopic (exact) mass is 419 g/mol. The van der Waals surface area contributed by atoms with Crippen LogP contribution in [0.5, 0.6) is 0 Å². The second-order valence-electron chi connectivity index (χ2n) is 8.95. The third kappa shape index (κ3) is 3.22. The molecule has 1 heterocycles. The Morgan fingerprint density at radius 1 is 1.00 bits per heavy atom. The third-order valence-corrected chi connectivity index (χ3v) is 7.02. The number of fused-ring (bicyclic) bond motifs is 3. The average Bonchev–Trinajstić information content (AvgIpc) is 3.08. The standard InChI is InChI=1S/C29H29N3/c1-4-8-28-31-29-19(2)9-7-12-27(29)32(28)26-16-15-24-22(20(26)3)14-13-21-10-5-6-11-23(21)25(24)17-18-30/h5-7,9-12,15-16,25H,4,8,13-14,17H2,1-3H3. The van der Waals surface area contributed by atoms with Crippen molar-refractivity contribution in [3.8, 4) is 11.8 Å². The van der Waals surface area contributed by atoms with Crippen LogP contribution in [-0.2, 0) is 19.3 Å². The van der Waals surface area contributed by atoms with Crippen LogP contribution in [0.2, 0.25) is 0 Å². The van der Waals surface area contributed by atoms with Crippen LogP contribution < -0.4 is 0 Å². The molecule has 0 saturated heterocycles. The predicted molar refractivity (Wildman–Crippen MR) is 130 cm³/mol. The van der Waals surface area contributed by atoms with Gasteiger partial charge in [-0.2, -0.15) is 5.26 Å². The first-order valence-corrected chi connectivity index (χ1v) is 11.7. The van der Waals surface area contributed by atoms with Crippen LogP contribution in [0.3, 0.4) is 0 Å². The van der Waals surface area contributed by atoms with E-state index in [2.05, 4.69) is 86.0 Å². The molecule has 0 saturated carbocycles. The van der Waals surface area contributed by atoms with Crippen molar-refractivity contribution in [2.75, 3.05) is 0 Å². The lowest BCUT2D eigenvalue weighted by Crippen LogP contribution is -2.09. The van der Waals surface area contributed by atoms with E-state index in [1.54, 1.807) is 0 Å². The van der Waals surface area contributed by atoms with E-state index >= 15 is 0 Å². The molecule has 1 aliphatic carbocycles. The zero-order valence-electron chi connectivity index (χ0n) is 19.2. The topological polar surface area (TPSA) is 41.6 Å². The summed E-state index contributed by atoms with van der Waals surface area (Å²) < 4.78 is 2.37. The summed E-state index contributed by atoms with van der Waals surface area (Å²) in [5.74, 6) is 1.27. The quantitative estimate of drug-likeness (QED) is 0.367. The Balaban J connectivity index is 1.73. The Morgan fingerprint density at radius 3 is 2.66 bits per heavy atom. The number of benzene rings is 3. The summed E-state index contributed by atoms with van der Waals surface area (Å²) >= 11 is 0. The highest BCUT2D eigenvalue weighted by Gasteiger charge is 2.26. The molecule has 1 aromatic heterocycles. The van der Waals surface area contributed by atoms with E-state index in [1.807, 2.05) is 0 Å². The van der Waals surface area contributed by atoms with Gasteiger partial charge in [0.1, 0.15) is 5.82 Å². The zero-order valence-corrected chi connectivity index (χ0v) is 19.2. The largest absolute Gasteiger partial charge is 0.296 e. The summed E-state index contributed by atoms with van der Waals surface area (Å²) in [5.41, 5.74) is 11.4. The summed E-state index contributed by atoms with van der Waals surface area (Å²) in [6, 6.07) is 22.1. The predicted octanol–water partition coefficient (Wildman–Crippen LogP) is 6.74. The minimum Gasteiger partial charge on any atom is -0.296 e. The summed E-state index contributed by atoms with van der Waals surface area (Å²) in [4.78, 5) is 5.05. The average molecular weight is 420 g/mol. The highest BCUT2D eigenvalue weighted by molar-refractivity contribution is 5.82. The molecule has 0 aliphatic heterocycles. The molecular weight excluding hydrogens is 390 g/mol. The van der Waals surface area contributed by atoms with Crippen molar-refractivity contribution in [2.24, 2.45) is 0 Å². The maximum Gasteiger partial charge on any atom is 0.114 e. The molecule has 0 bridgehead atoms. The summed E-state index contributed by atoms with van der Waals surface area (Å²) in [6.07, 6.45) is 4.54. The molecule has 4 aromatic rings. The summed E-state index contributed by atoms with van der Waals surface area (Å²) in [6.45, 7) is 6.61. The van der Waals surface area contributed by atoms with Crippen LogP contribution in [0, 0.1) is 25.2 Å². The molecule has 0 amide bonds. The molecule has 1 aliphatic rings. The van der Waals surface area contributed by atoms with Gasteiger partial charge in [-0.05, 0) is 78.6 Å². The van der Waals surface area contributed by atoms with Crippen LogP contribution in [0.1, 0.15) is 64.9 Å². The van der Waals surface area contributed by atoms with Crippen LogP contribution in [0.15, 0.2) is 54.6 Å². The maximum atomic E-state index is 9.61. The van der Waals surface area contributed by atoms with Gasteiger partial charge < -0.3 is 0 Å². The minimum absolute atomic E-state index is 0.137. The Morgan fingerprint density at radius 2 is 1.84 bits per heavy atom.